The topological polar surface area (TPSA) is 12.0 Å². The molecular formula is C14H14ClNS. The van der Waals surface area contributed by atoms with Crippen molar-refractivity contribution in [3.8, 4) is 0 Å². The van der Waals surface area contributed by atoms with Gasteiger partial charge < -0.3 is 5.32 Å². The van der Waals surface area contributed by atoms with Crippen LogP contribution in [0.3, 0.4) is 0 Å². The zero-order chi connectivity index (χ0) is 11.8. The van der Waals surface area contributed by atoms with Gasteiger partial charge in [-0.15, -0.1) is 11.3 Å². The Bertz CT molecular complexity index is 547. The second-order valence-electron chi connectivity index (χ2n) is 4.35. The summed E-state index contributed by atoms with van der Waals surface area (Å²) in [6.07, 6.45) is 2.15. The molecule has 0 amide bonds. The van der Waals surface area contributed by atoms with Crippen molar-refractivity contribution in [3.05, 3.63) is 50.7 Å². The zero-order valence-corrected chi connectivity index (χ0v) is 11.2. The molecule has 1 aromatic heterocycles. The lowest BCUT2D eigenvalue weighted by molar-refractivity contribution is 0.843. The third-order valence-electron chi connectivity index (χ3n) is 3.30. The van der Waals surface area contributed by atoms with Crippen molar-refractivity contribution in [2.75, 3.05) is 5.32 Å². The van der Waals surface area contributed by atoms with Crippen molar-refractivity contribution in [2.45, 2.75) is 25.8 Å². The van der Waals surface area contributed by atoms with Gasteiger partial charge in [0.15, 0.2) is 0 Å². The summed E-state index contributed by atoms with van der Waals surface area (Å²) in [7, 11) is 0. The SMILES string of the molecule is CCc1cccc2c1NC(c1ccc(Cl)s1)C2. The molecule has 1 aromatic carbocycles. The van der Waals surface area contributed by atoms with E-state index < -0.39 is 0 Å². The molecule has 0 saturated heterocycles. The van der Waals surface area contributed by atoms with Crippen LogP contribution < -0.4 is 5.32 Å². The van der Waals surface area contributed by atoms with Crippen molar-refractivity contribution in [2.24, 2.45) is 0 Å². The predicted octanol–water partition coefficient (Wildman–Crippen LogP) is 4.67. The number of benzene rings is 1. The minimum Gasteiger partial charge on any atom is -0.377 e. The second-order valence-corrected chi connectivity index (χ2v) is 6.09. The van der Waals surface area contributed by atoms with E-state index in [0.29, 0.717) is 6.04 Å². The van der Waals surface area contributed by atoms with E-state index in [-0.39, 0.29) is 0 Å². The van der Waals surface area contributed by atoms with E-state index in [1.807, 2.05) is 6.07 Å². The summed E-state index contributed by atoms with van der Waals surface area (Å²) in [5.41, 5.74) is 4.18. The van der Waals surface area contributed by atoms with Gasteiger partial charge in [0, 0.05) is 10.6 Å². The molecule has 0 radical (unpaired) electrons. The van der Waals surface area contributed by atoms with E-state index in [1.165, 1.54) is 21.7 Å². The van der Waals surface area contributed by atoms with Crippen LogP contribution in [-0.2, 0) is 12.8 Å². The molecule has 2 aromatic rings. The fourth-order valence-electron chi connectivity index (χ4n) is 2.44. The van der Waals surface area contributed by atoms with Gasteiger partial charge in [0.05, 0.1) is 10.4 Å². The van der Waals surface area contributed by atoms with Gasteiger partial charge >= 0.3 is 0 Å². The Hall–Kier alpha value is -0.990. The molecule has 1 nitrogen and oxygen atoms in total. The number of hydrogen-bond acceptors (Lipinski definition) is 2. The van der Waals surface area contributed by atoms with Crippen LogP contribution in [-0.4, -0.2) is 0 Å². The van der Waals surface area contributed by atoms with Crippen LogP contribution in [0.25, 0.3) is 0 Å². The summed E-state index contributed by atoms with van der Waals surface area (Å²) < 4.78 is 0.869. The molecule has 17 heavy (non-hydrogen) atoms. The molecule has 88 valence electrons. The van der Waals surface area contributed by atoms with Crippen molar-refractivity contribution >= 4 is 28.6 Å². The van der Waals surface area contributed by atoms with Crippen LogP contribution >= 0.6 is 22.9 Å². The van der Waals surface area contributed by atoms with Crippen LogP contribution in [0.2, 0.25) is 4.34 Å². The summed E-state index contributed by atoms with van der Waals surface area (Å²) in [5, 5.41) is 3.64. The lowest BCUT2D eigenvalue weighted by Crippen LogP contribution is -2.03. The third kappa shape index (κ3) is 1.96. The third-order valence-corrected chi connectivity index (χ3v) is 4.64. The standard InChI is InChI=1S/C14H14ClNS/c1-2-9-4-3-5-10-8-11(16-14(9)10)12-6-7-13(15)17-12/h3-7,11,16H,2,8H2,1H3. The summed E-state index contributed by atoms with van der Waals surface area (Å²) >= 11 is 7.67. The van der Waals surface area contributed by atoms with Gasteiger partial charge in [0.2, 0.25) is 0 Å². The fraction of sp³-hybridized carbons (Fsp3) is 0.286. The average molecular weight is 264 g/mol. The molecule has 0 fully saturated rings. The predicted molar refractivity (Wildman–Crippen MR) is 75.2 cm³/mol. The Morgan fingerprint density at radius 3 is 2.94 bits per heavy atom. The maximum absolute atomic E-state index is 6.00. The van der Waals surface area contributed by atoms with Gasteiger partial charge in [-0.3, -0.25) is 0 Å². The van der Waals surface area contributed by atoms with Crippen LogP contribution in [0.15, 0.2) is 30.3 Å². The van der Waals surface area contributed by atoms with Crippen molar-refractivity contribution in [1.82, 2.24) is 0 Å². The normalized spacial score (nSPS) is 17.9. The quantitative estimate of drug-likeness (QED) is 0.830. The van der Waals surface area contributed by atoms with E-state index in [2.05, 4.69) is 36.5 Å². The number of para-hydroxylation sites is 1. The summed E-state index contributed by atoms with van der Waals surface area (Å²) in [6.45, 7) is 2.20. The largest absolute Gasteiger partial charge is 0.377 e. The van der Waals surface area contributed by atoms with Crippen molar-refractivity contribution in [3.63, 3.8) is 0 Å². The molecular weight excluding hydrogens is 250 g/mol. The Balaban J connectivity index is 1.92. The highest BCUT2D eigenvalue weighted by atomic mass is 35.5. The molecule has 3 heteroatoms. The van der Waals surface area contributed by atoms with Crippen LogP contribution in [0.5, 0.6) is 0 Å². The highest BCUT2D eigenvalue weighted by Crippen LogP contribution is 2.39. The first-order valence-electron chi connectivity index (χ1n) is 5.90. The fourth-order valence-corrected chi connectivity index (χ4v) is 3.55. The first kappa shape index (κ1) is 11.1. The number of anilines is 1. The van der Waals surface area contributed by atoms with Crippen LogP contribution in [0.1, 0.15) is 29.0 Å². The highest BCUT2D eigenvalue weighted by Gasteiger charge is 2.24. The number of hydrogen-bond donors (Lipinski definition) is 1. The Morgan fingerprint density at radius 2 is 2.24 bits per heavy atom. The zero-order valence-electron chi connectivity index (χ0n) is 9.66. The van der Waals surface area contributed by atoms with E-state index in [9.17, 15) is 0 Å². The van der Waals surface area contributed by atoms with Gasteiger partial charge in [0.25, 0.3) is 0 Å². The molecule has 1 aliphatic heterocycles. The average Bonchev–Trinajstić information content (AvgIpc) is 2.93. The molecule has 2 heterocycles. The first-order valence-corrected chi connectivity index (χ1v) is 7.10. The molecule has 0 spiro atoms. The van der Waals surface area contributed by atoms with E-state index in [4.69, 9.17) is 11.6 Å². The highest BCUT2D eigenvalue weighted by molar-refractivity contribution is 7.16. The molecule has 0 aliphatic carbocycles. The molecule has 1 unspecified atom stereocenters. The second kappa shape index (κ2) is 4.35. The van der Waals surface area contributed by atoms with Gasteiger partial charge in [-0.05, 0) is 36.1 Å². The summed E-state index contributed by atoms with van der Waals surface area (Å²) in [5.74, 6) is 0. The molecule has 0 saturated carbocycles. The number of fused-ring (bicyclic) bond motifs is 1. The number of nitrogens with one attached hydrogen (secondary N) is 1. The minimum absolute atomic E-state index is 0.398. The van der Waals surface area contributed by atoms with Gasteiger partial charge in [-0.1, -0.05) is 36.7 Å². The van der Waals surface area contributed by atoms with Crippen LogP contribution in [0.4, 0.5) is 5.69 Å². The minimum atomic E-state index is 0.398. The Kier molecular flexibility index (Phi) is 2.85. The van der Waals surface area contributed by atoms with Gasteiger partial charge in [0.1, 0.15) is 0 Å². The van der Waals surface area contributed by atoms with Gasteiger partial charge in [-0.25, -0.2) is 0 Å². The molecule has 1 N–H and O–H groups in total. The first-order chi connectivity index (χ1) is 8.28. The molecule has 0 bridgehead atoms. The smallest absolute Gasteiger partial charge is 0.0932 e. The lowest BCUT2D eigenvalue weighted by atomic mass is 10.0. The van der Waals surface area contributed by atoms with E-state index >= 15 is 0 Å². The summed E-state index contributed by atoms with van der Waals surface area (Å²) in [4.78, 5) is 1.33. The van der Waals surface area contributed by atoms with Crippen LogP contribution in [0, 0.1) is 0 Å². The Labute approximate surface area is 110 Å². The number of halogens is 1. The maximum atomic E-state index is 6.00. The maximum Gasteiger partial charge on any atom is 0.0932 e. The van der Waals surface area contributed by atoms with E-state index in [0.717, 1.165) is 17.2 Å². The van der Waals surface area contributed by atoms with E-state index in [1.54, 1.807) is 11.3 Å². The van der Waals surface area contributed by atoms with Gasteiger partial charge in [-0.2, -0.15) is 0 Å². The number of thiophene rings is 1. The molecule has 1 aliphatic rings. The number of rotatable bonds is 2. The molecule has 1 atom stereocenters. The summed E-state index contributed by atoms with van der Waals surface area (Å²) in [6, 6.07) is 11.1. The number of aryl methyl sites for hydroxylation is 1. The Morgan fingerprint density at radius 1 is 1.35 bits per heavy atom. The lowest BCUT2D eigenvalue weighted by Gasteiger charge is -2.10. The molecule has 3 rings (SSSR count). The monoisotopic (exact) mass is 263 g/mol. The van der Waals surface area contributed by atoms with Crippen molar-refractivity contribution in [1.29, 1.82) is 0 Å². The van der Waals surface area contributed by atoms with Crippen molar-refractivity contribution < 1.29 is 0 Å².